The van der Waals surface area contributed by atoms with Gasteiger partial charge < -0.3 is 14.5 Å². The van der Waals surface area contributed by atoms with Crippen LogP contribution < -0.4 is 4.74 Å². The van der Waals surface area contributed by atoms with E-state index >= 15 is 0 Å². The third-order valence-electron chi connectivity index (χ3n) is 7.27. The Morgan fingerprint density at radius 3 is 2.34 bits per heavy atom. The van der Waals surface area contributed by atoms with Crippen molar-refractivity contribution >= 4 is 27.6 Å². The van der Waals surface area contributed by atoms with Gasteiger partial charge in [0.15, 0.2) is 5.84 Å². The number of ether oxygens (including phenoxy) is 1. The van der Waals surface area contributed by atoms with Crippen molar-refractivity contribution in [3.8, 4) is 5.75 Å². The Balaban J connectivity index is 1.46. The molecule has 0 unspecified atom stereocenters. The van der Waals surface area contributed by atoms with Gasteiger partial charge in [-0.2, -0.15) is 0 Å². The number of hydrogen-bond acceptors (Lipinski definition) is 7. The van der Waals surface area contributed by atoms with Gasteiger partial charge in [0.2, 0.25) is 10.0 Å². The van der Waals surface area contributed by atoms with E-state index in [1.165, 1.54) is 27.4 Å². The number of aliphatic imine (C=N–C) groups is 2. The molecule has 0 N–H and O–H groups in total. The van der Waals surface area contributed by atoms with Crippen molar-refractivity contribution in [3.63, 3.8) is 0 Å². The normalized spacial score (nSPS) is 17.3. The molecule has 0 aliphatic carbocycles. The molecule has 1 amide bonds. The van der Waals surface area contributed by atoms with Gasteiger partial charge in [-0.05, 0) is 61.6 Å². The van der Waals surface area contributed by atoms with Crippen molar-refractivity contribution in [2.75, 3.05) is 47.0 Å². The summed E-state index contributed by atoms with van der Waals surface area (Å²) in [4.78, 5) is 25.0. The van der Waals surface area contributed by atoms with E-state index < -0.39 is 21.9 Å². The fraction of sp³-hybridized carbons (Fsp3) is 0.464. The molecule has 41 heavy (non-hydrogen) atoms. The molecule has 0 saturated carbocycles. The molecule has 0 aromatic heterocycles. The first-order valence-corrected chi connectivity index (χ1v) is 14.7. The lowest BCUT2D eigenvalue weighted by Crippen LogP contribution is -2.52. The van der Waals surface area contributed by atoms with E-state index in [0.29, 0.717) is 36.2 Å². The molecule has 4 rings (SSSR count). The number of aryl methyl sites for hydroxylation is 2. The summed E-state index contributed by atoms with van der Waals surface area (Å²) >= 11 is 0. The van der Waals surface area contributed by atoms with E-state index in [9.17, 15) is 26.4 Å². The molecular weight excluding hydrogens is 559 g/mol. The third kappa shape index (κ3) is 6.89. The zero-order valence-corrected chi connectivity index (χ0v) is 24.5. The molecule has 1 spiro atoms. The predicted octanol–water partition coefficient (Wildman–Crippen LogP) is 3.72. The Bertz CT molecular complexity index is 1480. The standard InChI is InChI=1S/C28H34F3N5O4S/c1-19-17-22(25(37)34(2)3)10-9-20(19)11-16-41(38,39)36-14-12-27(13-15-36)26(35(4)5)32-24(33-27)21-7-6-8-23(18-21)40-28(29,30)31/h6-10,17-18H,11-16H2,1-5H3. The number of amides is 1. The molecule has 13 heteroatoms. The number of piperidine rings is 1. The van der Waals surface area contributed by atoms with Crippen LogP contribution in [0.3, 0.4) is 0 Å². The van der Waals surface area contributed by atoms with Gasteiger partial charge in [0.25, 0.3) is 5.91 Å². The molecule has 2 aromatic carbocycles. The summed E-state index contributed by atoms with van der Waals surface area (Å²) in [6, 6.07) is 10.8. The number of carbonyl (C=O) groups excluding carboxylic acids is 1. The van der Waals surface area contributed by atoms with E-state index in [1.807, 2.05) is 25.9 Å². The van der Waals surface area contributed by atoms with Gasteiger partial charge in [-0.25, -0.2) is 17.7 Å². The Labute approximate surface area is 238 Å². The summed E-state index contributed by atoms with van der Waals surface area (Å²) in [5, 5.41) is 0. The largest absolute Gasteiger partial charge is 0.573 e. The van der Waals surface area contributed by atoms with E-state index in [1.54, 1.807) is 38.4 Å². The van der Waals surface area contributed by atoms with Crippen LogP contribution in [0.2, 0.25) is 0 Å². The van der Waals surface area contributed by atoms with Crippen molar-refractivity contribution < 1.29 is 31.1 Å². The van der Waals surface area contributed by atoms with Crippen LogP contribution in [-0.2, 0) is 16.4 Å². The average Bonchev–Trinajstić information content (AvgIpc) is 3.26. The minimum Gasteiger partial charge on any atom is -0.406 e. The zero-order chi connectivity index (χ0) is 30.2. The molecule has 0 atom stereocenters. The Morgan fingerprint density at radius 1 is 1.07 bits per heavy atom. The maximum Gasteiger partial charge on any atom is 0.573 e. The van der Waals surface area contributed by atoms with Crippen molar-refractivity contribution in [3.05, 3.63) is 64.7 Å². The maximum absolute atomic E-state index is 13.3. The van der Waals surface area contributed by atoms with Crippen LogP contribution in [0.25, 0.3) is 0 Å². The maximum atomic E-state index is 13.3. The van der Waals surface area contributed by atoms with Crippen molar-refractivity contribution in [2.45, 2.75) is 38.1 Å². The zero-order valence-electron chi connectivity index (χ0n) is 23.7. The molecule has 9 nitrogen and oxygen atoms in total. The highest BCUT2D eigenvalue weighted by Crippen LogP contribution is 2.36. The fourth-order valence-corrected chi connectivity index (χ4v) is 6.64. The van der Waals surface area contributed by atoms with Crippen LogP contribution in [0.1, 0.15) is 39.9 Å². The second-order valence-electron chi connectivity index (χ2n) is 10.7. The lowest BCUT2D eigenvalue weighted by Gasteiger charge is -2.39. The van der Waals surface area contributed by atoms with Crippen LogP contribution in [0, 0.1) is 6.92 Å². The Morgan fingerprint density at radius 2 is 1.76 bits per heavy atom. The van der Waals surface area contributed by atoms with Gasteiger partial charge >= 0.3 is 6.36 Å². The Kier molecular flexibility index (Phi) is 8.51. The molecule has 2 aliphatic rings. The molecule has 0 bridgehead atoms. The summed E-state index contributed by atoms with van der Waals surface area (Å²) in [6.45, 7) is 2.33. The summed E-state index contributed by atoms with van der Waals surface area (Å²) in [5.41, 5.74) is 1.87. The number of benzene rings is 2. The molecule has 2 aromatic rings. The second kappa shape index (κ2) is 11.4. The first-order valence-electron chi connectivity index (χ1n) is 13.1. The smallest absolute Gasteiger partial charge is 0.406 e. The van der Waals surface area contributed by atoms with Gasteiger partial charge in [-0.15, -0.1) is 13.2 Å². The monoisotopic (exact) mass is 593 g/mol. The van der Waals surface area contributed by atoms with Gasteiger partial charge in [-0.3, -0.25) is 9.79 Å². The molecule has 0 radical (unpaired) electrons. The van der Waals surface area contributed by atoms with E-state index in [0.717, 1.165) is 11.1 Å². The predicted molar refractivity (Wildman–Crippen MR) is 151 cm³/mol. The topological polar surface area (TPSA) is 94.9 Å². The van der Waals surface area contributed by atoms with Crippen molar-refractivity contribution in [2.24, 2.45) is 9.98 Å². The third-order valence-corrected chi connectivity index (χ3v) is 9.14. The van der Waals surface area contributed by atoms with E-state index in [4.69, 9.17) is 4.99 Å². The highest BCUT2D eigenvalue weighted by molar-refractivity contribution is 7.89. The molecule has 1 fully saturated rings. The quantitative estimate of drug-likeness (QED) is 0.488. The van der Waals surface area contributed by atoms with Crippen molar-refractivity contribution in [1.82, 2.24) is 14.1 Å². The summed E-state index contributed by atoms with van der Waals surface area (Å²) in [6.07, 6.45) is -3.74. The van der Waals surface area contributed by atoms with E-state index in [-0.39, 0.29) is 36.3 Å². The number of rotatable bonds is 7. The lowest BCUT2D eigenvalue weighted by atomic mass is 9.87. The van der Waals surface area contributed by atoms with Gasteiger partial charge in [-0.1, -0.05) is 18.2 Å². The summed E-state index contributed by atoms with van der Waals surface area (Å²) in [7, 11) is 3.40. The molecule has 2 aliphatic heterocycles. The number of sulfonamides is 1. The second-order valence-corrected chi connectivity index (χ2v) is 12.8. The van der Waals surface area contributed by atoms with Crippen LogP contribution in [-0.4, -0.2) is 99.0 Å². The highest BCUT2D eigenvalue weighted by Gasteiger charge is 2.46. The fourth-order valence-electron chi connectivity index (χ4n) is 5.17. The number of hydrogen-bond donors (Lipinski definition) is 0. The van der Waals surface area contributed by atoms with Gasteiger partial charge in [0, 0.05) is 52.4 Å². The first-order chi connectivity index (χ1) is 19.1. The lowest BCUT2D eigenvalue weighted by molar-refractivity contribution is -0.274. The number of nitrogens with zero attached hydrogens (tertiary/aromatic N) is 5. The molecule has 222 valence electrons. The Hall–Kier alpha value is -3.45. The summed E-state index contributed by atoms with van der Waals surface area (Å²) in [5.74, 6) is 0.362. The molecule has 1 saturated heterocycles. The number of likely N-dealkylation sites (N-methyl/N-ethyl adjacent to an activating group) is 1. The summed E-state index contributed by atoms with van der Waals surface area (Å²) < 4.78 is 70.2. The highest BCUT2D eigenvalue weighted by atomic mass is 32.2. The number of amidine groups is 2. The molecule has 2 heterocycles. The minimum atomic E-state index is -4.82. The van der Waals surface area contributed by atoms with Crippen LogP contribution >= 0.6 is 0 Å². The SMILES string of the molecule is Cc1cc(C(=O)N(C)C)ccc1CCS(=O)(=O)N1CCC2(CC1)N=C(c1cccc(OC(F)(F)F)c1)N=C2N(C)C. The van der Waals surface area contributed by atoms with Crippen LogP contribution in [0.4, 0.5) is 13.2 Å². The number of halogens is 3. The van der Waals surface area contributed by atoms with Gasteiger partial charge in [0.1, 0.15) is 17.1 Å². The number of alkyl halides is 3. The first kappa shape index (κ1) is 30.5. The van der Waals surface area contributed by atoms with Crippen LogP contribution in [0.15, 0.2) is 52.4 Å². The average molecular weight is 594 g/mol. The number of carbonyl (C=O) groups is 1. The van der Waals surface area contributed by atoms with Crippen LogP contribution in [0.5, 0.6) is 5.75 Å². The van der Waals surface area contributed by atoms with Crippen molar-refractivity contribution in [1.29, 1.82) is 0 Å². The van der Waals surface area contributed by atoms with Gasteiger partial charge in [0.05, 0.1) is 5.75 Å². The minimum absolute atomic E-state index is 0.0725. The van der Waals surface area contributed by atoms with E-state index in [2.05, 4.69) is 9.73 Å². The molecular formula is C28H34F3N5O4S.